The van der Waals surface area contributed by atoms with E-state index in [9.17, 15) is 4.79 Å². The number of para-hydroxylation sites is 1. The third-order valence-electron chi connectivity index (χ3n) is 2.45. The molecule has 1 aliphatic heterocycles. The van der Waals surface area contributed by atoms with Crippen molar-refractivity contribution in [1.29, 1.82) is 0 Å². The number of nitrogens with zero attached hydrogens (tertiary/aromatic N) is 1. The molecule has 74 valence electrons. The van der Waals surface area contributed by atoms with E-state index >= 15 is 0 Å². The third kappa shape index (κ3) is 1.21. The summed E-state index contributed by atoms with van der Waals surface area (Å²) < 4.78 is 0. The highest BCUT2D eigenvalue weighted by molar-refractivity contribution is 6.02. The van der Waals surface area contributed by atoms with Gasteiger partial charge in [-0.1, -0.05) is 18.2 Å². The van der Waals surface area contributed by atoms with Crippen LogP contribution in [0.5, 0.6) is 0 Å². The second-order valence-electron chi connectivity index (χ2n) is 3.33. The van der Waals surface area contributed by atoms with Gasteiger partial charge in [0.05, 0.1) is 18.2 Å². The van der Waals surface area contributed by atoms with Crippen LogP contribution in [0.4, 0.5) is 5.69 Å². The molecule has 1 atom stereocenters. The Labute approximate surface area is 83.2 Å². The minimum atomic E-state index is -0.0854. The van der Waals surface area contributed by atoms with Gasteiger partial charge in [-0.3, -0.25) is 9.63 Å². The summed E-state index contributed by atoms with van der Waals surface area (Å²) in [5, 5.41) is 1.40. The Morgan fingerprint density at radius 3 is 2.86 bits per heavy atom. The molecule has 3 nitrogen and oxygen atoms in total. The van der Waals surface area contributed by atoms with Crippen molar-refractivity contribution < 1.29 is 9.63 Å². The van der Waals surface area contributed by atoms with E-state index in [2.05, 4.69) is 0 Å². The van der Waals surface area contributed by atoms with E-state index in [1.165, 1.54) is 5.06 Å². The lowest BCUT2D eigenvalue weighted by molar-refractivity contribution is -0.125. The van der Waals surface area contributed by atoms with Crippen LogP contribution in [-0.4, -0.2) is 12.5 Å². The normalized spacial score (nSPS) is 20.0. The van der Waals surface area contributed by atoms with Gasteiger partial charge in [-0.25, -0.2) is 0 Å². The van der Waals surface area contributed by atoms with Crippen LogP contribution in [0.2, 0.25) is 0 Å². The number of carbonyl (C=O) groups is 1. The second-order valence-corrected chi connectivity index (χ2v) is 3.33. The van der Waals surface area contributed by atoms with Crippen LogP contribution in [0.25, 0.3) is 0 Å². The fraction of sp³-hybridized carbons (Fsp3) is 0.364. The highest BCUT2D eigenvalue weighted by atomic mass is 16.7. The summed E-state index contributed by atoms with van der Waals surface area (Å²) in [4.78, 5) is 17.0. The molecule has 0 radical (unpaired) electrons. The van der Waals surface area contributed by atoms with Crippen LogP contribution in [-0.2, 0) is 9.63 Å². The number of amides is 1. The molecule has 1 amide bonds. The van der Waals surface area contributed by atoms with E-state index in [-0.39, 0.29) is 11.8 Å². The Balaban J connectivity index is 2.42. The van der Waals surface area contributed by atoms with Gasteiger partial charge in [0, 0.05) is 0 Å². The van der Waals surface area contributed by atoms with Crippen molar-refractivity contribution in [3.8, 4) is 0 Å². The molecule has 0 aliphatic carbocycles. The van der Waals surface area contributed by atoms with Crippen LogP contribution >= 0.6 is 0 Å². The molecule has 0 bridgehead atoms. The summed E-state index contributed by atoms with van der Waals surface area (Å²) >= 11 is 0. The molecule has 3 heteroatoms. The predicted octanol–water partition coefficient (Wildman–Crippen LogP) is 2.09. The van der Waals surface area contributed by atoms with Gasteiger partial charge in [0.25, 0.3) is 5.91 Å². The topological polar surface area (TPSA) is 29.5 Å². The summed E-state index contributed by atoms with van der Waals surface area (Å²) in [5.74, 6) is -0.0641. The van der Waals surface area contributed by atoms with Crippen LogP contribution in [0, 0.1) is 0 Å². The summed E-state index contributed by atoms with van der Waals surface area (Å²) in [6.45, 7) is 4.28. The Bertz CT molecular complexity index is 362. The zero-order chi connectivity index (χ0) is 10.1. The first-order chi connectivity index (χ1) is 6.75. The van der Waals surface area contributed by atoms with Gasteiger partial charge in [-0.05, 0) is 25.5 Å². The molecule has 1 heterocycles. The lowest BCUT2D eigenvalue weighted by Gasteiger charge is -2.15. The minimum Gasteiger partial charge on any atom is -0.271 e. The number of carbonyl (C=O) groups excluding carboxylic acids is 1. The molecule has 1 aliphatic rings. The van der Waals surface area contributed by atoms with Gasteiger partial charge in [0.15, 0.2) is 0 Å². The molecule has 0 saturated carbocycles. The van der Waals surface area contributed by atoms with Crippen LogP contribution in [0.15, 0.2) is 24.3 Å². The van der Waals surface area contributed by atoms with Gasteiger partial charge in [0.2, 0.25) is 0 Å². The molecule has 1 aromatic rings. The summed E-state index contributed by atoms with van der Waals surface area (Å²) in [5.41, 5.74) is 1.93. The van der Waals surface area contributed by atoms with Crippen molar-refractivity contribution >= 4 is 11.6 Å². The zero-order valence-electron chi connectivity index (χ0n) is 8.36. The van der Waals surface area contributed by atoms with Crippen molar-refractivity contribution in [2.75, 3.05) is 11.7 Å². The van der Waals surface area contributed by atoms with Crippen LogP contribution in [0.3, 0.4) is 0 Å². The van der Waals surface area contributed by atoms with Gasteiger partial charge in [-0.15, -0.1) is 0 Å². The summed E-state index contributed by atoms with van der Waals surface area (Å²) in [6, 6.07) is 7.73. The Hall–Kier alpha value is -1.35. The number of fused-ring (bicyclic) bond motifs is 1. The quantitative estimate of drug-likeness (QED) is 0.716. The SMILES string of the molecule is CCON1C(=O)[C@H](C)c2ccccc21. The van der Waals surface area contributed by atoms with E-state index < -0.39 is 0 Å². The van der Waals surface area contributed by atoms with Crippen molar-refractivity contribution in [3.63, 3.8) is 0 Å². The lowest BCUT2D eigenvalue weighted by Crippen LogP contribution is -2.28. The number of benzene rings is 1. The summed E-state index contributed by atoms with van der Waals surface area (Å²) in [7, 11) is 0. The standard InChI is InChI=1S/C11H13NO2/c1-3-14-12-10-7-5-4-6-9(10)8(2)11(12)13/h4-8H,3H2,1-2H3/t8-/m1/s1. The zero-order valence-corrected chi connectivity index (χ0v) is 8.36. The average molecular weight is 191 g/mol. The van der Waals surface area contributed by atoms with Crippen molar-refractivity contribution in [2.45, 2.75) is 19.8 Å². The number of hydroxylamine groups is 1. The predicted molar refractivity (Wildman–Crippen MR) is 54.0 cm³/mol. The van der Waals surface area contributed by atoms with Gasteiger partial charge < -0.3 is 0 Å². The van der Waals surface area contributed by atoms with Crippen LogP contribution in [0.1, 0.15) is 25.3 Å². The third-order valence-corrected chi connectivity index (χ3v) is 2.45. The first kappa shape index (κ1) is 9.21. The fourth-order valence-electron chi connectivity index (χ4n) is 1.73. The van der Waals surface area contributed by atoms with E-state index in [0.29, 0.717) is 6.61 Å². The molecule has 0 unspecified atom stereocenters. The number of anilines is 1. The van der Waals surface area contributed by atoms with Gasteiger partial charge in [-0.2, -0.15) is 5.06 Å². The molecule has 14 heavy (non-hydrogen) atoms. The van der Waals surface area contributed by atoms with E-state index in [4.69, 9.17) is 4.84 Å². The maximum atomic E-state index is 11.8. The van der Waals surface area contributed by atoms with Crippen molar-refractivity contribution in [2.24, 2.45) is 0 Å². The van der Waals surface area contributed by atoms with E-state index in [1.54, 1.807) is 0 Å². The molecule has 0 N–H and O–H groups in total. The van der Waals surface area contributed by atoms with Crippen LogP contribution < -0.4 is 5.06 Å². The fourth-order valence-corrected chi connectivity index (χ4v) is 1.73. The molecular formula is C11H13NO2. The molecule has 0 spiro atoms. The summed E-state index contributed by atoms with van der Waals surface area (Å²) in [6.07, 6.45) is 0. The highest BCUT2D eigenvalue weighted by Crippen LogP contribution is 2.36. The monoisotopic (exact) mass is 191 g/mol. The molecule has 0 aromatic heterocycles. The van der Waals surface area contributed by atoms with Gasteiger partial charge in [0.1, 0.15) is 0 Å². The lowest BCUT2D eigenvalue weighted by atomic mass is 10.0. The van der Waals surface area contributed by atoms with Gasteiger partial charge >= 0.3 is 0 Å². The smallest absolute Gasteiger partial charge is 0.258 e. The molecule has 2 rings (SSSR count). The second kappa shape index (κ2) is 3.42. The molecule has 1 aromatic carbocycles. The first-order valence-electron chi connectivity index (χ1n) is 4.81. The van der Waals surface area contributed by atoms with Crippen molar-refractivity contribution in [3.05, 3.63) is 29.8 Å². The van der Waals surface area contributed by atoms with E-state index in [1.807, 2.05) is 38.1 Å². The molecule has 0 fully saturated rings. The minimum absolute atomic E-state index is 0.0213. The Morgan fingerprint density at radius 2 is 2.14 bits per heavy atom. The largest absolute Gasteiger partial charge is 0.271 e. The number of hydrogen-bond donors (Lipinski definition) is 0. The molecule has 0 saturated heterocycles. The maximum absolute atomic E-state index is 11.8. The first-order valence-corrected chi connectivity index (χ1v) is 4.81. The maximum Gasteiger partial charge on any atom is 0.258 e. The van der Waals surface area contributed by atoms with Crippen molar-refractivity contribution in [1.82, 2.24) is 0 Å². The van der Waals surface area contributed by atoms with E-state index in [0.717, 1.165) is 11.3 Å². The molecular weight excluding hydrogens is 178 g/mol. The highest BCUT2D eigenvalue weighted by Gasteiger charge is 2.34. The average Bonchev–Trinajstić information content (AvgIpc) is 2.45. The number of rotatable bonds is 2. The Morgan fingerprint density at radius 1 is 1.43 bits per heavy atom. The number of hydrogen-bond acceptors (Lipinski definition) is 2. The Kier molecular flexibility index (Phi) is 2.25.